The Kier molecular flexibility index (Phi) is 8.03. The van der Waals surface area contributed by atoms with Gasteiger partial charge in [0.2, 0.25) is 5.91 Å². The highest BCUT2D eigenvalue weighted by molar-refractivity contribution is 6.02. The quantitative estimate of drug-likeness (QED) is 0.182. The summed E-state index contributed by atoms with van der Waals surface area (Å²) in [5.74, 6) is 0.287. The minimum atomic E-state index is -0.882. The van der Waals surface area contributed by atoms with Crippen molar-refractivity contribution in [3.8, 4) is 22.9 Å². The number of phenolic OH excluding ortho intramolecular Hbond substituents is 1. The van der Waals surface area contributed by atoms with Gasteiger partial charge in [-0.25, -0.2) is 4.68 Å². The van der Waals surface area contributed by atoms with Crippen LogP contribution in [0.2, 0.25) is 0 Å². The highest BCUT2D eigenvalue weighted by Gasteiger charge is 2.41. The van der Waals surface area contributed by atoms with E-state index in [2.05, 4.69) is 59.7 Å². The van der Waals surface area contributed by atoms with Crippen LogP contribution < -0.4 is 5.32 Å². The molecule has 0 spiro atoms. The number of rotatable bonds is 7. The van der Waals surface area contributed by atoms with Crippen molar-refractivity contribution in [1.82, 2.24) is 14.7 Å². The smallest absolute Gasteiger partial charge is 0.228 e. The predicted molar refractivity (Wildman–Crippen MR) is 185 cm³/mol. The van der Waals surface area contributed by atoms with Crippen LogP contribution in [-0.2, 0) is 10.3 Å². The molecule has 5 aromatic carbocycles. The van der Waals surface area contributed by atoms with E-state index in [1.54, 1.807) is 12.1 Å². The van der Waals surface area contributed by atoms with Crippen molar-refractivity contribution in [3.63, 3.8) is 0 Å². The maximum Gasteiger partial charge on any atom is 0.228 e. The van der Waals surface area contributed by atoms with Gasteiger partial charge in [-0.2, -0.15) is 10.4 Å². The van der Waals surface area contributed by atoms with Crippen LogP contribution in [-0.4, -0.2) is 45.8 Å². The number of carbonyl (C=O) groups is 1. The number of benzene rings is 5. The second-order valence-electron chi connectivity index (χ2n) is 12.2. The lowest BCUT2D eigenvalue weighted by molar-refractivity contribution is -0.121. The fourth-order valence-electron chi connectivity index (χ4n) is 6.85. The Balaban J connectivity index is 1.50. The lowest BCUT2D eigenvalue weighted by Crippen LogP contribution is -2.39. The lowest BCUT2D eigenvalue weighted by atomic mass is 9.77. The molecular formula is C40H35N5O2. The second kappa shape index (κ2) is 12.6. The third kappa shape index (κ3) is 5.43. The molecule has 7 heteroatoms. The zero-order valence-corrected chi connectivity index (χ0v) is 26.2. The molecule has 1 saturated heterocycles. The summed E-state index contributed by atoms with van der Waals surface area (Å²) in [5, 5.41) is 29.1. The number of amides is 1. The van der Waals surface area contributed by atoms with Crippen molar-refractivity contribution in [1.29, 1.82) is 5.26 Å². The number of hydrogen-bond donors (Lipinski definition) is 2. The summed E-state index contributed by atoms with van der Waals surface area (Å²) in [6, 6.07) is 44.2. The van der Waals surface area contributed by atoms with Gasteiger partial charge in [-0.1, -0.05) is 103 Å². The number of phenols is 1. The van der Waals surface area contributed by atoms with Gasteiger partial charge in [0.1, 0.15) is 17.4 Å². The normalized spacial score (nSPS) is 14.1. The van der Waals surface area contributed by atoms with E-state index >= 15 is 0 Å². The molecule has 0 aliphatic carbocycles. The molecule has 2 heterocycles. The monoisotopic (exact) mass is 617 g/mol. The Labute approximate surface area is 274 Å². The second-order valence-corrected chi connectivity index (χ2v) is 12.2. The van der Waals surface area contributed by atoms with Crippen LogP contribution in [0.1, 0.15) is 35.1 Å². The van der Waals surface area contributed by atoms with Gasteiger partial charge in [-0.05, 0) is 85.1 Å². The van der Waals surface area contributed by atoms with Crippen molar-refractivity contribution < 1.29 is 9.90 Å². The van der Waals surface area contributed by atoms with E-state index in [-0.39, 0.29) is 23.1 Å². The molecule has 0 radical (unpaired) electrons. The van der Waals surface area contributed by atoms with E-state index in [9.17, 15) is 15.2 Å². The zero-order chi connectivity index (χ0) is 32.4. The molecule has 2 N–H and O–H groups in total. The fraction of sp³-hybridized carbons (Fsp3) is 0.175. The maximum atomic E-state index is 13.8. The zero-order valence-electron chi connectivity index (χ0n) is 26.2. The van der Waals surface area contributed by atoms with E-state index in [1.807, 2.05) is 77.5 Å². The van der Waals surface area contributed by atoms with Crippen LogP contribution in [0.3, 0.4) is 0 Å². The summed E-state index contributed by atoms with van der Waals surface area (Å²) >= 11 is 0. The van der Waals surface area contributed by atoms with Crippen LogP contribution in [0.15, 0.2) is 127 Å². The summed E-state index contributed by atoms with van der Waals surface area (Å²) in [5.41, 5.74) is 4.85. The van der Waals surface area contributed by atoms with Gasteiger partial charge in [-0.15, -0.1) is 0 Å². The molecule has 47 heavy (non-hydrogen) atoms. The van der Waals surface area contributed by atoms with Gasteiger partial charge in [0.05, 0.1) is 11.1 Å². The first-order chi connectivity index (χ1) is 23.0. The van der Waals surface area contributed by atoms with Crippen LogP contribution >= 0.6 is 0 Å². The van der Waals surface area contributed by atoms with Crippen LogP contribution in [0.4, 0.5) is 5.82 Å². The maximum absolute atomic E-state index is 13.8. The number of nitrogens with one attached hydrogen (secondary N) is 1. The molecular weight excluding hydrogens is 582 g/mol. The highest BCUT2D eigenvalue weighted by atomic mass is 16.3. The van der Waals surface area contributed by atoms with Crippen LogP contribution in [0.5, 0.6) is 5.75 Å². The number of fused-ring (bicyclic) bond motifs is 1. The Morgan fingerprint density at radius 1 is 0.809 bits per heavy atom. The molecule has 1 aliphatic rings. The van der Waals surface area contributed by atoms with Gasteiger partial charge < -0.3 is 15.3 Å². The summed E-state index contributed by atoms with van der Waals surface area (Å²) in [7, 11) is 2.09. The molecule has 1 amide bonds. The average Bonchev–Trinajstić information content (AvgIpc) is 3.48. The third-order valence-electron chi connectivity index (χ3n) is 9.35. The molecule has 0 atom stereocenters. The number of aromatic hydroxyl groups is 1. The van der Waals surface area contributed by atoms with E-state index in [4.69, 9.17) is 5.10 Å². The molecule has 6 aromatic rings. The molecule has 1 aromatic heterocycles. The average molecular weight is 618 g/mol. The SMILES string of the molecule is CN1CCC(C(=O)Nc2nn(C(c3ccccc3)(c3ccccc3)c3ccccc3)c3ccc(-c4ccc(O)c(C#N)c4)cc23)CC1. The molecule has 0 saturated carbocycles. The Bertz CT molecular complexity index is 1980. The predicted octanol–water partition coefficient (Wildman–Crippen LogP) is 7.40. The first-order valence-electron chi connectivity index (χ1n) is 15.9. The van der Waals surface area contributed by atoms with Gasteiger partial charge in [-0.3, -0.25) is 4.79 Å². The number of piperidine rings is 1. The summed E-state index contributed by atoms with van der Waals surface area (Å²) in [6.07, 6.45) is 1.58. The summed E-state index contributed by atoms with van der Waals surface area (Å²) in [4.78, 5) is 16.1. The topological polar surface area (TPSA) is 94.2 Å². The fourth-order valence-corrected chi connectivity index (χ4v) is 6.85. The van der Waals surface area contributed by atoms with Crippen molar-refractivity contribution >= 4 is 22.6 Å². The molecule has 7 rings (SSSR count). The van der Waals surface area contributed by atoms with Gasteiger partial charge in [0, 0.05) is 11.3 Å². The first-order valence-corrected chi connectivity index (χ1v) is 15.9. The van der Waals surface area contributed by atoms with E-state index < -0.39 is 5.54 Å². The molecule has 1 aliphatic heterocycles. The Hall–Kier alpha value is -5.71. The summed E-state index contributed by atoms with van der Waals surface area (Å²) < 4.78 is 2.05. The number of likely N-dealkylation sites (tertiary alicyclic amines) is 1. The lowest BCUT2D eigenvalue weighted by Gasteiger charge is -2.37. The van der Waals surface area contributed by atoms with Crippen molar-refractivity contribution in [2.24, 2.45) is 5.92 Å². The van der Waals surface area contributed by atoms with Crippen molar-refractivity contribution in [2.45, 2.75) is 18.4 Å². The van der Waals surface area contributed by atoms with Gasteiger partial charge >= 0.3 is 0 Å². The van der Waals surface area contributed by atoms with Crippen molar-refractivity contribution in [3.05, 3.63) is 150 Å². The number of aromatic nitrogens is 2. The largest absolute Gasteiger partial charge is 0.507 e. The van der Waals surface area contributed by atoms with E-state index in [0.29, 0.717) is 5.82 Å². The highest BCUT2D eigenvalue weighted by Crippen LogP contribution is 2.44. The number of hydrogen-bond acceptors (Lipinski definition) is 5. The standard InChI is InChI=1S/C40H35N5O2/c1-44-23-21-28(22-24-44)39(47)42-38-35-26-30(29-18-20-37(46)31(25-29)27-41)17-19-36(35)45(43-38)40(32-11-5-2-6-12-32,33-13-7-3-8-14-33)34-15-9-4-10-16-34/h2-20,25-26,28,46H,21-24H2,1H3,(H,42,43,47). The third-order valence-corrected chi connectivity index (χ3v) is 9.35. The molecule has 0 unspecified atom stereocenters. The van der Waals surface area contributed by atoms with Gasteiger partial charge in [0.25, 0.3) is 0 Å². The van der Waals surface area contributed by atoms with Gasteiger partial charge in [0.15, 0.2) is 5.82 Å². The van der Waals surface area contributed by atoms with E-state index in [1.165, 1.54) is 6.07 Å². The summed E-state index contributed by atoms with van der Waals surface area (Å²) in [6.45, 7) is 1.75. The Morgan fingerprint density at radius 3 is 1.89 bits per heavy atom. The van der Waals surface area contributed by atoms with E-state index in [0.717, 1.165) is 64.7 Å². The van der Waals surface area contributed by atoms with Crippen LogP contribution in [0.25, 0.3) is 22.0 Å². The number of nitrogens with zero attached hydrogens (tertiary/aromatic N) is 4. The number of nitriles is 1. The van der Waals surface area contributed by atoms with Crippen LogP contribution in [0, 0.1) is 17.2 Å². The van der Waals surface area contributed by atoms with Crippen molar-refractivity contribution in [2.75, 3.05) is 25.5 Å². The molecule has 1 fully saturated rings. The molecule has 7 nitrogen and oxygen atoms in total. The number of carbonyl (C=O) groups excluding carboxylic acids is 1. The minimum Gasteiger partial charge on any atom is -0.507 e. The Morgan fingerprint density at radius 2 is 1.34 bits per heavy atom. The number of anilines is 1. The molecule has 232 valence electrons. The first kappa shape index (κ1) is 30.0. The minimum absolute atomic E-state index is 0.0313. The molecule has 0 bridgehead atoms.